The van der Waals surface area contributed by atoms with Gasteiger partial charge in [-0.2, -0.15) is 0 Å². The molecule has 0 aromatic heterocycles. The van der Waals surface area contributed by atoms with Crippen molar-refractivity contribution in [3.05, 3.63) is 0 Å². The molecule has 1 amide bonds. The molecule has 1 N–H and O–H groups in total. The normalized spacial score (nSPS) is 19.3. The Morgan fingerprint density at radius 3 is 2.22 bits per heavy atom. The molecular weight excluding hydrogens is 224 g/mol. The molecule has 0 aromatic rings. The van der Waals surface area contributed by atoms with E-state index in [4.69, 9.17) is 0 Å². The molecule has 1 atom stereocenters. The largest absolute Gasteiger partial charge is 0.342 e. The Labute approximate surface area is 112 Å². The predicted molar refractivity (Wildman–Crippen MR) is 76.6 cm³/mol. The van der Waals surface area contributed by atoms with Crippen molar-refractivity contribution in [2.45, 2.75) is 65.3 Å². The topological polar surface area (TPSA) is 32.3 Å². The van der Waals surface area contributed by atoms with Crippen LogP contribution >= 0.6 is 0 Å². The Balaban J connectivity index is 2.30. The van der Waals surface area contributed by atoms with Gasteiger partial charge in [-0.1, -0.05) is 25.7 Å². The van der Waals surface area contributed by atoms with Gasteiger partial charge in [0.15, 0.2) is 0 Å². The fourth-order valence-corrected chi connectivity index (χ4v) is 2.81. The smallest absolute Gasteiger partial charge is 0.239 e. The highest BCUT2D eigenvalue weighted by molar-refractivity contribution is 5.81. The molecule has 0 saturated heterocycles. The molecule has 1 fully saturated rings. The Hall–Kier alpha value is -0.570. The summed E-state index contributed by atoms with van der Waals surface area (Å²) in [5.74, 6) is 1.02. The molecular formula is C15H30N2O. The monoisotopic (exact) mass is 254 g/mol. The number of amides is 1. The molecule has 1 saturated carbocycles. The van der Waals surface area contributed by atoms with Crippen molar-refractivity contribution in [3.8, 4) is 0 Å². The lowest BCUT2D eigenvalue weighted by molar-refractivity contribution is -0.132. The first-order chi connectivity index (χ1) is 8.69. The minimum atomic E-state index is -0.0341. The highest BCUT2D eigenvalue weighted by atomic mass is 16.2. The van der Waals surface area contributed by atoms with Crippen molar-refractivity contribution in [2.75, 3.05) is 19.6 Å². The van der Waals surface area contributed by atoms with E-state index in [1.54, 1.807) is 0 Å². The second kappa shape index (κ2) is 8.52. The first-order valence-corrected chi connectivity index (χ1v) is 7.71. The van der Waals surface area contributed by atoms with E-state index in [1.165, 1.54) is 38.5 Å². The number of nitrogens with zero attached hydrogens (tertiary/aromatic N) is 1. The number of rotatable bonds is 6. The summed E-state index contributed by atoms with van der Waals surface area (Å²) in [6, 6.07) is -0.0341. The summed E-state index contributed by atoms with van der Waals surface area (Å²) in [6.45, 7) is 8.71. The molecule has 18 heavy (non-hydrogen) atoms. The van der Waals surface area contributed by atoms with E-state index in [0.717, 1.165) is 25.6 Å². The standard InChI is InChI=1S/C15H30N2O/c1-4-17(5-2)15(18)13(3)16-12-14-10-8-6-7-9-11-14/h13-14,16H,4-12H2,1-3H3. The van der Waals surface area contributed by atoms with E-state index in [-0.39, 0.29) is 11.9 Å². The second-order valence-corrected chi connectivity index (χ2v) is 5.50. The molecule has 1 rings (SSSR count). The third kappa shape index (κ3) is 4.97. The maximum Gasteiger partial charge on any atom is 0.239 e. The number of carbonyl (C=O) groups is 1. The van der Waals surface area contributed by atoms with Crippen LogP contribution in [0.4, 0.5) is 0 Å². The van der Waals surface area contributed by atoms with Crippen molar-refractivity contribution < 1.29 is 4.79 Å². The van der Waals surface area contributed by atoms with Crippen LogP contribution in [-0.4, -0.2) is 36.5 Å². The number of hydrogen-bond acceptors (Lipinski definition) is 2. The molecule has 3 heteroatoms. The van der Waals surface area contributed by atoms with Crippen LogP contribution in [0.3, 0.4) is 0 Å². The molecule has 106 valence electrons. The zero-order valence-electron chi connectivity index (χ0n) is 12.4. The Bertz CT molecular complexity index is 231. The maximum absolute atomic E-state index is 12.1. The van der Waals surface area contributed by atoms with Gasteiger partial charge in [0.25, 0.3) is 0 Å². The van der Waals surface area contributed by atoms with Crippen LogP contribution in [0.1, 0.15) is 59.3 Å². The second-order valence-electron chi connectivity index (χ2n) is 5.50. The lowest BCUT2D eigenvalue weighted by Crippen LogP contribution is -2.46. The van der Waals surface area contributed by atoms with E-state index >= 15 is 0 Å². The molecule has 0 spiro atoms. The predicted octanol–water partition coefficient (Wildman–Crippen LogP) is 2.80. The van der Waals surface area contributed by atoms with Gasteiger partial charge < -0.3 is 10.2 Å². The number of carbonyl (C=O) groups excluding carboxylic acids is 1. The van der Waals surface area contributed by atoms with Crippen molar-refractivity contribution >= 4 is 5.91 Å². The Morgan fingerprint density at radius 2 is 1.72 bits per heavy atom. The fourth-order valence-electron chi connectivity index (χ4n) is 2.81. The first-order valence-electron chi connectivity index (χ1n) is 7.71. The van der Waals surface area contributed by atoms with Crippen LogP contribution in [-0.2, 0) is 4.79 Å². The molecule has 3 nitrogen and oxygen atoms in total. The quantitative estimate of drug-likeness (QED) is 0.739. The molecule has 1 aliphatic rings. The van der Waals surface area contributed by atoms with Crippen molar-refractivity contribution in [3.63, 3.8) is 0 Å². The summed E-state index contributed by atoms with van der Waals surface area (Å²) in [6.07, 6.45) is 8.18. The summed E-state index contributed by atoms with van der Waals surface area (Å²) in [5.41, 5.74) is 0. The van der Waals surface area contributed by atoms with Gasteiger partial charge in [0.2, 0.25) is 5.91 Å². The van der Waals surface area contributed by atoms with Crippen LogP contribution in [0.5, 0.6) is 0 Å². The van der Waals surface area contributed by atoms with Gasteiger partial charge in [0, 0.05) is 13.1 Å². The van der Waals surface area contributed by atoms with E-state index in [2.05, 4.69) is 5.32 Å². The van der Waals surface area contributed by atoms with Gasteiger partial charge in [-0.25, -0.2) is 0 Å². The van der Waals surface area contributed by atoms with E-state index < -0.39 is 0 Å². The van der Waals surface area contributed by atoms with Gasteiger partial charge in [-0.3, -0.25) is 4.79 Å². The van der Waals surface area contributed by atoms with E-state index in [0.29, 0.717) is 0 Å². The summed E-state index contributed by atoms with van der Waals surface area (Å²) >= 11 is 0. The molecule has 0 bridgehead atoms. The molecule has 0 aromatic carbocycles. The van der Waals surface area contributed by atoms with Gasteiger partial charge in [-0.05, 0) is 46.1 Å². The number of likely N-dealkylation sites (N-methyl/N-ethyl adjacent to an activating group) is 1. The third-order valence-electron chi connectivity index (χ3n) is 4.13. The van der Waals surface area contributed by atoms with Gasteiger partial charge >= 0.3 is 0 Å². The molecule has 0 aliphatic heterocycles. The summed E-state index contributed by atoms with van der Waals surface area (Å²) in [7, 11) is 0. The highest BCUT2D eigenvalue weighted by Gasteiger charge is 2.19. The van der Waals surface area contributed by atoms with Crippen LogP contribution in [0.15, 0.2) is 0 Å². The minimum absolute atomic E-state index is 0.0341. The van der Waals surface area contributed by atoms with Crippen molar-refractivity contribution in [1.82, 2.24) is 10.2 Å². The number of hydrogen-bond donors (Lipinski definition) is 1. The van der Waals surface area contributed by atoms with E-state index in [1.807, 2.05) is 25.7 Å². The molecule has 1 aliphatic carbocycles. The third-order valence-corrected chi connectivity index (χ3v) is 4.13. The Morgan fingerprint density at radius 1 is 1.17 bits per heavy atom. The van der Waals surface area contributed by atoms with Crippen LogP contribution in [0.2, 0.25) is 0 Å². The summed E-state index contributed by atoms with van der Waals surface area (Å²) in [4.78, 5) is 14.0. The molecule has 1 unspecified atom stereocenters. The highest BCUT2D eigenvalue weighted by Crippen LogP contribution is 2.22. The van der Waals surface area contributed by atoms with Gasteiger partial charge in [-0.15, -0.1) is 0 Å². The average Bonchev–Trinajstić information content (AvgIpc) is 2.65. The van der Waals surface area contributed by atoms with Crippen LogP contribution < -0.4 is 5.32 Å². The van der Waals surface area contributed by atoms with E-state index in [9.17, 15) is 4.79 Å². The van der Waals surface area contributed by atoms with Crippen molar-refractivity contribution in [2.24, 2.45) is 5.92 Å². The van der Waals surface area contributed by atoms with Crippen LogP contribution in [0.25, 0.3) is 0 Å². The van der Waals surface area contributed by atoms with Gasteiger partial charge in [0.05, 0.1) is 6.04 Å². The molecule has 0 radical (unpaired) electrons. The fraction of sp³-hybridized carbons (Fsp3) is 0.933. The SMILES string of the molecule is CCN(CC)C(=O)C(C)NCC1CCCCCC1. The first kappa shape index (κ1) is 15.5. The zero-order chi connectivity index (χ0) is 13.4. The lowest BCUT2D eigenvalue weighted by Gasteiger charge is -2.25. The van der Waals surface area contributed by atoms with Crippen molar-refractivity contribution in [1.29, 1.82) is 0 Å². The summed E-state index contributed by atoms with van der Waals surface area (Å²) in [5, 5.41) is 3.44. The maximum atomic E-state index is 12.1. The molecule has 0 heterocycles. The van der Waals surface area contributed by atoms with Gasteiger partial charge in [0.1, 0.15) is 0 Å². The zero-order valence-corrected chi connectivity index (χ0v) is 12.4. The number of nitrogens with one attached hydrogen (secondary N) is 1. The van der Waals surface area contributed by atoms with Crippen LogP contribution in [0, 0.1) is 5.92 Å². The lowest BCUT2D eigenvalue weighted by atomic mass is 10.00. The Kier molecular flexibility index (Phi) is 7.33. The average molecular weight is 254 g/mol. The minimum Gasteiger partial charge on any atom is -0.342 e. The summed E-state index contributed by atoms with van der Waals surface area (Å²) < 4.78 is 0.